The van der Waals surface area contributed by atoms with E-state index in [1.54, 1.807) is 24.3 Å². The van der Waals surface area contributed by atoms with Crippen molar-refractivity contribution < 1.29 is 34.7 Å². The molecule has 9 heteroatoms. The first-order valence-corrected chi connectivity index (χ1v) is 10.4. The molecule has 2 aliphatic heterocycles. The van der Waals surface area contributed by atoms with Crippen molar-refractivity contribution in [2.45, 2.75) is 18.1 Å². The molecule has 2 aliphatic rings. The molecule has 1 atom stereocenters. The second-order valence-electron chi connectivity index (χ2n) is 7.76. The third-order valence-electron chi connectivity index (χ3n) is 5.84. The van der Waals surface area contributed by atoms with Crippen LogP contribution in [0.1, 0.15) is 32.6 Å². The Morgan fingerprint density at radius 3 is 2.18 bits per heavy atom. The SMILES string of the molecule is O=C1OC2(c3ccc(O)cc3Oc3cc(O)ccc32)c2ccc(N=C=S)c(CC(O)CO)c21. The van der Waals surface area contributed by atoms with E-state index in [9.17, 15) is 25.2 Å². The number of phenolic OH excluding ortho intramolecular Hbond substituents is 2. The van der Waals surface area contributed by atoms with Crippen molar-refractivity contribution in [2.75, 3.05) is 6.61 Å². The van der Waals surface area contributed by atoms with E-state index in [-0.39, 0.29) is 35.0 Å². The van der Waals surface area contributed by atoms with Gasteiger partial charge in [0.25, 0.3) is 0 Å². The van der Waals surface area contributed by atoms with Crippen LogP contribution in [0.5, 0.6) is 23.0 Å². The number of hydrogen-bond acceptors (Lipinski definition) is 9. The van der Waals surface area contributed by atoms with E-state index < -0.39 is 24.3 Å². The largest absolute Gasteiger partial charge is 0.508 e. The van der Waals surface area contributed by atoms with Gasteiger partial charge in [-0.05, 0) is 48.1 Å². The van der Waals surface area contributed by atoms with E-state index in [0.717, 1.165) is 0 Å². The predicted molar refractivity (Wildman–Crippen MR) is 120 cm³/mol. The Morgan fingerprint density at radius 2 is 1.61 bits per heavy atom. The zero-order chi connectivity index (χ0) is 23.3. The molecule has 3 aromatic carbocycles. The first-order valence-electron chi connectivity index (χ1n) is 10.0. The predicted octanol–water partition coefficient (Wildman–Crippen LogP) is 3.30. The van der Waals surface area contributed by atoms with Crippen LogP contribution in [0.15, 0.2) is 53.5 Å². The summed E-state index contributed by atoms with van der Waals surface area (Å²) < 4.78 is 12.0. The van der Waals surface area contributed by atoms with Crippen molar-refractivity contribution in [3.05, 3.63) is 76.3 Å². The third-order valence-corrected chi connectivity index (χ3v) is 5.93. The molecule has 0 saturated carbocycles. The van der Waals surface area contributed by atoms with Crippen LogP contribution in [0.25, 0.3) is 0 Å². The Hall–Kier alpha value is -3.75. The van der Waals surface area contributed by atoms with Crippen molar-refractivity contribution in [3.63, 3.8) is 0 Å². The van der Waals surface area contributed by atoms with E-state index in [1.807, 2.05) is 0 Å². The Bertz CT molecular complexity index is 1310. The number of esters is 1. The molecule has 0 aromatic heterocycles. The highest BCUT2D eigenvalue weighted by atomic mass is 32.1. The molecule has 8 nitrogen and oxygen atoms in total. The van der Waals surface area contributed by atoms with Gasteiger partial charge < -0.3 is 29.9 Å². The number of ether oxygens (including phenoxy) is 2. The number of hydrogen-bond donors (Lipinski definition) is 4. The van der Waals surface area contributed by atoms with E-state index >= 15 is 0 Å². The van der Waals surface area contributed by atoms with E-state index in [2.05, 4.69) is 10.2 Å². The van der Waals surface area contributed by atoms with E-state index in [1.165, 1.54) is 24.3 Å². The van der Waals surface area contributed by atoms with Gasteiger partial charge in [-0.1, -0.05) is 6.07 Å². The summed E-state index contributed by atoms with van der Waals surface area (Å²) in [7, 11) is 0. The third kappa shape index (κ3) is 3.10. The number of isothiocyanates is 1. The van der Waals surface area contributed by atoms with E-state index in [0.29, 0.717) is 27.9 Å². The Labute approximate surface area is 193 Å². The lowest BCUT2D eigenvalue weighted by Gasteiger charge is -2.36. The molecule has 3 aromatic rings. The number of carbonyl (C=O) groups excluding carboxylic acids is 1. The molecule has 1 unspecified atom stereocenters. The number of phenols is 2. The molecule has 0 radical (unpaired) electrons. The molecule has 0 bridgehead atoms. The van der Waals surface area contributed by atoms with Crippen molar-refractivity contribution in [3.8, 4) is 23.0 Å². The second-order valence-corrected chi connectivity index (χ2v) is 7.95. The van der Waals surface area contributed by atoms with Crippen molar-refractivity contribution in [2.24, 2.45) is 4.99 Å². The van der Waals surface area contributed by atoms with Crippen molar-refractivity contribution in [1.29, 1.82) is 0 Å². The summed E-state index contributed by atoms with van der Waals surface area (Å²) in [5.41, 5.74) is 0.868. The highest BCUT2D eigenvalue weighted by Crippen LogP contribution is 2.57. The molecule has 33 heavy (non-hydrogen) atoms. The van der Waals surface area contributed by atoms with Gasteiger partial charge in [-0.15, -0.1) is 0 Å². The number of aliphatic imine (C=N–C) groups is 1. The number of aliphatic hydroxyl groups excluding tert-OH is 2. The minimum atomic E-state index is -1.43. The standard InChI is InChI=1S/C24H17NO7S/c26-10-14(29)7-15-19(25-11-33)6-5-18-22(15)23(30)32-24(18)16-3-1-12(27)8-20(16)31-21-9-13(28)2-4-17(21)24/h1-6,8-9,14,26-29H,7,10H2. The number of aliphatic hydroxyl groups is 2. The molecule has 0 fully saturated rings. The molecule has 0 aliphatic carbocycles. The van der Waals surface area contributed by atoms with Gasteiger partial charge in [0.05, 0.1) is 29.1 Å². The van der Waals surface area contributed by atoms with Crippen LogP contribution < -0.4 is 4.74 Å². The number of carbonyl (C=O) groups is 1. The van der Waals surface area contributed by atoms with Gasteiger partial charge >= 0.3 is 5.97 Å². The summed E-state index contributed by atoms with van der Waals surface area (Å²) >= 11 is 4.73. The average Bonchev–Trinajstić information content (AvgIpc) is 3.08. The number of thiocarbonyl (C=S) groups is 1. The maximum atomic E-state index is 13.3. The van der Waals surface area contributed by atoms with Gasteiger partial charge in [0.2, 0.25) is 0 Å². The number of fused-ring (bicyclic) bond motifs is 6. The van der Waals surface area contributed by atoms with Gasteiger partial charge in [0.1, 0.15) is 23.0 Å². The summed E-state index contributed by atoms with van der Waals surface area (Å²) in [4.78, 5) is 17.4. The molecule has 4 N–H and O–H groups in total. The number of benzene rings is 3. The van der Waals surface area contributed by atoms with Crippen molar-refractivity contribution in [1.82, 2.24) is 0 Å². The molecule has 0 amide bonds. The van der Waals surface area contributed by atoms with Gasteiger partial charge in [-0.3, -0.25) is 0 Å². The minimum Gasteiger partial charge on any atom is -0.508 e. The Kier molecular flexibility index (Phi) is 4.92. The lowest BCUT2D eigenvalue weighted by molar-refractivity contribution is 0.0223. The number of nitrogens with zero attached hydrogens (tertiary/aromatic N) is 1. The van der Waals surface area contributed by atoms with Crippen LogP contribution in [-0.4, -0.2) is 44.3 Å². The van der Waals surface area contributed by atoms with Crippen LogP contribution in [0.3, 0.4) is 0 Å². The summed E-state index contributed by atoms with van der Waals surface area (Å²) in [5, 5.41) is 41.8. The highest BCUT2D eigenvalue weighted by Gasteiger charge is 2.54. The van der Waals surface area contributed by atoms with Crippen molar-refractivity contribution >= 4 is 29.0 Å². The summed E-state index contributed by atoms with van der Waals surface area (Å²) in [6, 6.07) is 12.2. The van der Waals surface area contributed by atoms with Crippen LogP contribution >= 0.6 is 12.2 Å². The zero-order valence-electron chi connectivity index (χ0n) is 17.0. The lowest BCUT2D eigenvalue weighted by Crippen LogP contribution is -2.32. The maximum Gasteiger partial charge on any atom is 0.340 e. The zero-order valence-corrected chi connectivity index (χ0v) is 17.8. The molecule has 1 spiro atoms. The fourth-order valence-electron chi connectivity index (χ4n) is 4.51. The van der Waals surface area contributed by atoms with Crippen LogP contribution in [0.4, 0.5) is 5.69 Å². The fourth-order valence-corrected chi connectivity index (χ4v) is 4.60. The van der Waals surface area contributed by atoms with Crippen LogP contribution in [0.2, 0.25) is 0 Å². The van der Waals surface area contributed by atoms with Gasteiger partial charge in [0.15, 0.2) is 5.60 Å². The minimum absolute atomic E-state index is 0.0468. The summed E-state index contributed by atoms with van der Waals surface area (Å²) in [5.74, 6) is -0.242. The van der Waals surface area contributed by atoms with Crippen LogP contribution in [-0.2, 0) is 16.8 Å². The van der Waals surface area contributed by atoms with Gasteiger partial charge in [-0.25, -0.2) is 4.79 Å². The molecule has 5 rings (SSSR count). The molecule has 166 valence electrons. The smallest absolute Gasteiger partial charge is 0.340 e. The Balaban J connectivity index is 1.85. The Morgan fingerprint density at radius 1 is 1.00 bits per heavy atom. The molecular formula is C24H17NO7S. The molecular weight excluding hydrogens is 446 g/mol. The van der Waals surface area contributed by atoms with Crippen LogP contribution in [0, 0.1) is 0 Å². The monoisotopic (exact) mass is 463 g/mol. The first-order chi connectivity index (χ1) is 15.9. The average molecular weight is 463 g/mol. The molecule has 2 heterocycles. The van der Waals surface area contributed by atoms with Gasteiger partial charge in [-0.2, -0.15) is 4.99 Å². The number of aromatic hydroxyl groups is 2. The second kappa shape index (κ2) is 7.68. The number of rotatable bonds is 4. The van der Waals surface area contributed by atoms with Gasteiger partial charge in [0, 0.05) is 35.2 Å². The lowest BCUT2D eigenvalue weighted by atomic mass is 9.76. The highest BCUT2D eigenvalue weighted by molar-refractivity contribution is 7.78. The maximum absolute atomic E-state index is 13.3. The fraction of sp³-hybridized carbons (Fsp3) is 0.167. The summed E-state index contributed by atoms with van der Waals surface area (Å²) in [6.45, 7) is -0.511. The quantitative estimate of drug-likeness (QED) is 0.264. The molecule has 0 saturated heterocycles. The van der Waals surface area contributed by atoms with E-state index in [4.69, 9.17) is 21.7 Å². The topological polar surface area (TPSA) is 129 Å². The normalized spacial score (nSPS) is 15.5. The first kappa shape index (κ1) is 21.1. The summed E-state index contributed by atoms with van der Waals surface area (Å²) in [6.07, 6.45) is -1.20.